The number of morpholine rings is 1. The molecular weight excluding hydrogens is 240 g/mol. The van der Waals surface area contributed by atoms with E-state index < -0.39 is 0 Å². The zero-order valence-electron chi connectivity index (χ0n) is 12.0. The summed E-state index contributed by atoms with van der Waals surface area (Å²) in [5.74, 6) is 0.912. The predicted octanol–water partition coefficient (Wildman–Crippen LogP) is 2.03. The van der Waals surface area contributed by atoms with Crippen molar-refractivity contribution in [3.8, 4) is 5.75 Å². The van der Waals surface area contributed by atoms with Crippen molar-refractivity contribution in [3.63, 3.8) is 0 Å². The fourth-order valence-corrected chi connectivity index (χ4v) is 2.39. The molecule has 2 atom stereocenters. The molecule has 0 aliphatic carbocycles. The van der Waals surface area contributed by atoms with Crippen molar-refractivity contribution in [2.75, 3.05) is 24.5 Å². The summed E-state index contributed by atoms with van der Waals surface area (Å²) in [6, 6.07) is 8.24. The smallest absolute Gasteiger partial charge is 0.119 e. The lowest BCUT2D eigenvalue weighted by Gasteiger charge is -2.37. The molecule has 1 aromatic rings. The Bertz CT molecular complexity index is 392. The SMILES string of the molecule is CC(C)Oc1ccc(N2CC(C)OC(CN)C2)cc1. The van der Waals surface area contributed by atoms with Gasteiger partial charge in [0.15, 0.2) is 0 Å². The first-order valence-corrected chi connectivity index (χ1v) is 6.95. The van der Waals surface area contributed by atoms with Crippen LogP contribution in [0.5, 0.6) is 5.75 Å². The third-order valence-electron chi connectivity index (χ3n) is 3.16. The van der Waals surface area contributed by atoms with Crippen LogP contribution in [0.15, 0.2) is 24.3 Å². The Morgan fingerprint density at radius 2 is 2.00 bits per heavy atom. The third kappa shape index (κ3) is 3.85. The van der Waals surface area contributed by atoms with Crippen LogP contribution in [-0.4, -0.2) is 37.9 Å². The van der Waals surface area contributed by atoms with E-state index in [1.807, 2.05) is 26.0 Å². The molecule has 4 nitrogen and oxygen atoms in total. The van der Waals surface area contributed by atoms with E-state index in [2.05, 4.69) is 24.0 Å². The summed E-state index contributed by atoms with van der Waals surface area (Å²) in [4.78, 5) is 2.32. The number of anilines is 1. The first kappa shape index (κ1) is 14.2. The molecule has 2 unspecified atom stereocenters. The lowest BCUT2D eigenvalue weighted by molar-refractivity contribution is -0.0104. The van der Waals surface area contributed by atoms with Gasteiger partial charge >= 0.3 is 0 Å². The van der Waals surface area contributed by atoms with E-state index in [9.17, 15) is 0 Å². The molecule has 4 heteroatoms. The number of rotatable bonds is 4. The second kappa shape index (κ2) is 6.26. The molecule has 1 aliphatic rings. The Hall–Kier alpha value is -1.26. The van der Waals surface area contributed by atoms with Crippen molar-refractivity contribution in [2.24, 2.45) is 5.73 Å². The lowest BCUT2D eigenvalue weighted by atomic mass is 10.2. The average molecular weight is 264 g/mol. The molecule has 1 aromatic carbocycles. The van der Waals surface area contributed by atoms with E-state index in [1.165, 1.54) is 5.69 Å². The van der Waals surface area contributed by atoms with Crippen LogP contribution in [0, 0.1) is 0 Å². The summed E-state index contributed by atoms with van der Waals surface area (Å²) < 4.78 is 11.4. The first-order chi connectivity index (χ1) is 9.08. The third-order valence-corrected chi connectivity index (χ3v) is 3.16. The zero-order valence-corrected chi connectivity index (χ0v) is 12.0. The number of nitrogens with zero attached hydrogens (tertiary/aromatic N) is 1. The van der Waals surface area contributed by atoms with Crippen LogP contribution in [0.1, 0.15) is 20.8 Å². The monoisotopic (exact) mass is 264 g/mol. The van der Waals surface area contributed by atoms with Gasteiger partial charge in [0.2, 0.25) is 0 Å². The average Bonchev–Trinajstić information content (AvgIpc) is 2.38. The summed E-state index contributed by atoms with van der Waals surface area (Å²) in [5, 5.41) is 0. The number of benzene rings is 1. The predicted molar refractivity (Wildman–Crippen MR) is 77.8 cm³/mol. The van der Waals surface area contributed by atoms with Gasteiger partial charge in [0.25, 0.3) is 0 Å². The van der Waals surface area contributed by atoms with Crippen molar-refractivity contribution in [1.82, 2.24) is 0 Å². The van der Waals surface area contributed by atoms with Gasteiger partial charge in [-0.05, 0) is 45.0 Å². The minimum atomic E-state index is 0.121. The van der Waals surface area contributed by atoms with E-state index in [0.717, 1.165) is 18.8 Å². The van der Waals surface area contributed by atoms with E-state index in [4.69, 9.17) is 15.2 Å². The summed E-state index contributed by atoms with van der Waals surface area (Å²) in [5.41, 5.74) is 6.91. The number of hydrogen-bond acceptors (Lipinski definition) is 4. The second-order valence-corrected chi connectivity index (χ2v) is 5.37. The van der Waals surface area contributed by atoms with E-state index in [0.29, 0.717) is 6.54 Å². The van der Waals surface area contributed by atoms with Gasteiger partial charge in [0.05, 0.1) is 18.3 Å². The molecule has 0 bridgehead atoms. The minimum Gasteiger partial charge on any atom is -0.491 e. The van der Waals surface area contributed by atoms with Crippen LogP contribution in [0.4, 0.5) is 5.69 Å². The highest BCUT2D eigenvalue weighted by atomic mass is 16.5. The van der Waals surface area contributed by atoms with Crippen LogP contribution < -0.4 is 15.4 Å². The van der Waals surface area contributed by atoms with Crippen LogP contribution in [-0.2, 0) is 4.74 Å². The molecule has 0 aromatic heterocycles. The largest absolute Gasteiger partial charge is 0.491 e. The molecule has 1 heterocycles. The van der Waals surface area contributed by atoms with Crippen LogP contribution >= 0.6 is 0 Å². The first-order valence-electron chi connectivity index (χ1n) is 6.95. The van der Waals surface area contributed by atoms with Gasteiger partial charge in [0.1, 0.15) is 5.75 Å². The van der Waals surface area contributed by atoms with E-state index in [1.54, 1.807) is 0 Å². The fraction of sp³-hybridized carbons (Fsp3) is 0.600. The van der Waals surface area contributed by atoms with Gasteiger partial charge in [-0.2, -0.15) is 0 Å². The van der Waals surface area contributed by atoms with Gasteiger partial charge in [-0.25, -0.2) is 0 Å². The number of ether oxygens (including phenoxy) is 2. The second-order valence-electron chi connectivity index (χ2n) is 5.37. The summed E-state index contributed by atoms with van der Waals surface area (Å²) in [7, 11) is 0. The molecule has 19 heavy (non-hydrogen) atoms. The molecule has 2 rings (SSSR count). The lowest BCUT2D eigenvalue weighted by Crippen LogP contribution is -2.49. The van der Waals surface area contributed by atoms with Gasteiger partial charge in [0, 0.05) is 25.3 Å². The van der Waals surface area contributed by atoms with E-state index >= 15 is 0 Å². The topological polar surface area (TPSA) is 47.7 Å². The molecular formula is C15H24N2O2. The molecule has 0 radical (unpaired) electrons. The normalized spacial score (nSPS) is 23.7. The maximum absolute atomic E-state index is 5.77. The van der Waals surface area contributed by atoms with Gasteiger partial charge in [-0.1, -0.05) is 0 Å². The van der Waals surface area contributed by atoms with Crippen molar-refractivity contribution >= 4 is 5.69 Å². The minimum absolute atomic E-state index is 0.121. The molecule has 1 saturated heterocycles. The van der Waals surface area contributed by atoms with Crippen molar-refractivity contribution < 1.29 is 9.47 Å². The molecule has 106 valence electrons. The Kier molecular flexibility index (Phi) is 4.66. The van der Waals surface area contributed by atoms with Crippen LogP contribution in [0.25, 0.3) is 0 Å². The van der Waals surface area contributed by atoms with Crippen LogP contribution in [0.2, 0.25) is 0 Å². The Morgan fingerprint density at radius 3 is 2.58 bits per heavy atom. The number of nitrogens with two attached hydrogens (primary N) is 1. The molecule has 2 N–H and O–H groups in total. The van der Waals surface area contributed by atoms with Gasteiger partial charge in [-0.3, -0.25) is 0 Å². The zero-order chi connectivity index (χ0) is 13.8. The Balaban J connectivity index is 2.04. The quantitative estimate of drug-likeness (QED) is 0.904. The van der Waals surface area contributed by atoms with E-state index in [-0.39, 0.29) is 18.3 Å². The highest BCUT2D eigenvalue weighted by Crippen LogP contribution is 2.23. The fourth-order valence-electron chi connectivity index (χ4n) is 2.39. The molecule has 0 amide bonds. The van der Waals surface area contributed by atoms with Gasteiger partial charge < -0.3 is 20.1 Å². The molecule has 0 saturated carbocycles. The Labute approximate surface area is 115 Å². The highest BCUT2D eigenvalue weighted by molar-refractivity contribution is 5.49. The summed E-state index contributed by atoms with van der Waals surface area (Å²) in [6.07, 6.45) is 0.542. The van der Waals surface area contributed by atoms with Crippen molar-refractivity contribution in [3.05, 3.63) is 24.3 Å². The molecule has 1 fully saturated rings. The standard InChI is InChI=1S/C15H24N2O2/c1-11(2)18-14-6-4-13(5-7-14)17-9-12(3)19-15(8-16)10-17/h4-7,11-12,15H,8-10,16H2,1-3H3. The Morgan fingerprint density at radius 1 is 1.32 bits per heavy atom. The van der Waals surface area contributed by atoms with Crippen LogP contribution in [0.3, 0.4) is 0 Å². The molecule has 1 aliphatic heterocycles. The van der Waals surface area contributed by atoms with Crippen molar-refractivity contribution in [2.45, 2.75) is 39.1 Å². The summed E-state index contributed by atoms with van der Waals surface area (Å²) >= 11 is 0. The maximum Gasteiger partial charge on any atom is 0.119 e. The molecule has 0 spiro atoms. The highest BCUT2D eigenvalue weighted by Gasteiger charge is 2.24. The number of hydrogen-bond donors (Lipinski definition) is 1. The van der Waals surface area contributed by atoms with Gasteiger partial charge in [-0.15, -0.1) is 0 Å². The summed E-state index contributed by atoms with van der Waals surface area (Å²) in [6.45, 7) is 8.47. The van der Waals surface area contributed by atoms with Crippen molar-refractivity contribution in [1.29, 1.82) is 0 Å². The maximum atomic E-state index is 5.77.